The fourth-order valence-electron chi connectivity index (χ4n) is 2.48. The number of amides is 1. The van der Waals surface area contributed by atoms with Gasteiger partial charge in [-0.05, 0) is 18.2 Å². The van der Waals surface area contributed by atoms with Crippen LogP contribution >= 0.6 is 0 Å². The van der Waals surface area contributed by atoms with Crippen molar-refractivity contribution in [1.29, 1.82) is 5.26 Å². The van der Waals surface area contributed by atoms with Crippen molar-refractivity contribution in [2.45, 2.75) is 0 Å². The Kier molecular flexibility index (Phi) is 4.63. The summed E-state index contributed by atoms with van der Waals surface area (Å²) in [4.78, 5) is 14.3. The maximum absolute atomic E-state index is 12.4. The molecule has 1 aliphatic rings. The average Bonchev–Trinajstić information content (AvgIpc) is 3.05. The van der Waals surface area contributed by atoms with Crippen molar-refractivity contribution in [3.8, 4) is 11.8 Å². The second-order valence-corrected chi connectivity index (χ2v) is 5.19. The predicted molar refractivity (Wildman–Crippen MR) is 87.3 cm³/mol. The van der Waals surface area contributed by atoms with E-state index in [1.165, 1.54) is 7.11 Å². The Hall–Kier alpha value is -3.05. The number of H-pyrrole nitrogens is 1. The summed E-state index contributed by atoms with van der Waals surface area (Å²) < 4.78 is 10.4. The minimum atomic E-state index is -0.345. The molecule has 1 aromatic heterocycles. The number of nitrogens with zero attached hydrogens (tertiary/aromatic N) is 3. The summed E-state index contributed by atoms with van der Waals surface area (Å²) in [7, 11) is 1.54. The lowest BCUT2D eigenvalue weighted by Gasteiger charge is -2.26. The van der Waals surface area contributed by atoms with Crippen molar-refractivity contribution in [1.82, 2.24) is 10.2 Å². The molecular weight excluding hydrogens is 310 g/mol. The lowest BCUT2D eigenvalue weighted by molar-refractivity contribution is 0.102. The molecule has 2 N–H and O–H groups in total. The normalized spacial score (nSPS) is 14.1. The molecule has 1 saturated heterocycles. The fraction of sp³-hybridized carbons (Fsp3) is 0.312. The molecule has 1 fully saturated rings. The number of rotatable bonds is 4. The number of hydrogen-bond donors (Lipinski definition) is 2. The van der Waals surface area contributed by atoms with Crippen molar-refractivity contribution in [2.24, 2.45) is 0 Å². The number of nitrogens with one attached hydrogen (secondary N) is 2. The zero-order valence-electron chi connectivity index (χ0n) is 13.2. The number of carbonyl (C=O) groups excluding carboxylic acids is 1. The van der Waals surface area contributed by atoms with E-state index in [2.05, 4.69) is 21.6 Å². The fourth-order valence-corrected chi connectivity index (χ4v) is 2.48. The first-order valence-electron chi connectivity index (χ1n) is 7.49. The minimum absolute atomic E-state index is 0.284. The Morgan fingerprint density at radius 3 is 2.96 bits per heavy atom. The van der Waals surface area contributed by atoms with E-state index in [-0.39, 0.29) is 11.7 Å². The topological polar surface area (TPSA) is 103 Å². The van der Waals surface area contributed by atoms with Crippen LogP contribution in [0.25, 0.3) is 0 Å². The van der Waals surface area contributed by atoms with Crippen LogP contribution in [0.3, 0.4) is 0 Å². The van der Waals surface area contributed by atoms with Gasteiger partial charge in [0.05, 0.1) is 20.3 Å². The van der Waals surface area contributed by atoms with Crippen molar-refractivity contribution >= 4 is 17.5 Å². The van der Waals surface area contributed by atoms with Crippen LogP contribution in [0, 0.1) is 11.3 Å². The van der Waals surface area contributed by atoms with Crippen LogP contribution in [0.4, 0.5) is 11.6 Å². The highest BCUT2D eigenvalue weighted by atomic mass is 16.5. The van der Waals surface area contributed by atoms with Crippen molar-refractivity contribution in [2.75, 3.05) is 43.6 Å². The number of aromatic nitrogens is 2. The van der Waals surface area contributed by atoms with Gasteiger partial charge in [0.2, 0.25) is 0 Å². The van der Waals surface area contributed by atoms with E-state index in [1.54, 1.807) is 24.3 Å². The molecule has 0 spiro atoms. The van der Waals surface area contributed by atoms with E-state index in [0.29, 0.717) is 49.0 Å². The predicted octanol–water partition coefficient (Wildman–Crippen LogP) is 1.38. The van der Waals surface area contributed by atoms with Crippen molar-refractivity contribution in [3.05, 3.63) is 35.4 Å². The third-order valence-corrected chi connectivity index (χ3v) is 3.74. The Labute approximate surface area is 139 Å². The minimum Gasteiger partial charge on any atom is -0.497 e. The molecule has 1 aliphatic heterocycles. The van der Waals surface area contributed by atoms with Gasteiger partial charge in [0.25, 0.3) is 5.91 Å². The first-order chi connectivity index (χ1) is 11.7. The number of carbonyl (C=O) groups is 1. The Morgan fingerprint density at radius 2 is 2.25 bits per heavy atom. The van der Waals surface area contributed by atoms with E-state index < -0.39 is 0 Å². The van der Waals surface area contributed by atoms with Gasteiger partial charge in [-0.15, -0.1) is 0 Å². The largest absolute Gasteiger partial charge is 0.497 e. The van der Waals surface area contributed by atoms with Gasteiger partial charge >= 0.3 is 0 Å². The number of morpholine rings is 1. The molecule has 1 aromatic carbocycles. The van der Waals surface area contributed by atoms with Gasteiger partial charge in [-0.25, -0.2) is 0 Å². The van der Waals surface area contributed by atoms with E-state index in [9.17, 15) is 10.1 Å². The summed E-state index contributed by atoms with van der Waals surface area (Å²) in [6.07, 6.45) is 0. The lowest BCUT2D eigenvalue weighted by atomic mass is 10.2. The monoisotopic (exact) mass is 327 g/mol. The molecule has 0 unspecified atom stereocenters. The zero-order valence-corrected chi connectivity index (χ0v) is 13.2. The highest BCUT2D eigenvalue weighted by Gasteiger charge is 2.22. The molecule has 24 heavy (non-hydrogen) atoms. The van der Waals surface area contributed by atoms with Gasteiger partial charge in [0, 0.05) is 18.7 Å². The zero-order chi connectivity index (χ0) is 16.9. The molecule has 0 aliphatic carbocycles. The highest BCUT2D eigenvalue weighted by Crippen LogP contribution is 2.25. The number of nitriles is 1. The third-order valence-electron chi connectivity index (χ3n) is 3.74. The Morgan fingerprint density at radius 1 is 1.46 bits per heavy atom. The standard InChI is InChI=1S/C16H17N5O3/c1-23-12-4-2-3-11(9-12)16(22)18-14-13(10-17)15(20-19-14)21-5-7-24-8-6-21/h2-4,9H,5-8H2,1H3,(H2,18,19,20,22). The number of anilines is 2. The molecule has 8 nitrogen and oxygen atoms in total. The molecule has 124 valence electrons. The van der Waals surface area contributed by atoms with Crippen LogP contribution in [0.2, 0.25) is 0 Å². The summed E-state index contributed by atoms with van der Waals surface area (Å²) >= 11 is 0. The molecule has 0 bridgehead atoms. The summed E-state index contributed by atoms with van der Waals surface area (Å²) in [5.74, 6) is 1.05. The summed E-state index contributed by atoms with van der Waals surface area (Å²) in [5, 5.41) is 19.0. The van der Waals surface area contributed by atoms with Gasteiger partial charge in [-0.2, -0.15) is 10.4 Å². The first kappa shape index (κ1) is 15.8. The number of hydrogen-bond acceptors (Lipinski definition) is 6. The van der Waals surface area contributed by atoms with Crippen LogP contribution in [0.5, 0.6) is 5.75 Å². The number of methoxy groups -OCH3 is 1. The molecule has 1 amide bonds. The molecule has 0 saturated carbocycles. The molecule has 8 heteroatoms. The molecule has 3 rings (SSSR count). The van der Waals surface area contributed by atoms with Gasteiger partial charge in [0.15, 0.2) is 5.82 Å². The second kappa shape index (κ2) is 7.02. The molecular formula is C16H17N5O3. The first-order valence-corrected chi connectivity index (χ1v) is 7.49. The van der Waals surface area contributed by atoms with Crippen molar-refractivity contribution in [3.63, 3.8) is 0 Å². The van der Waals surface area contributed by atoms with Crippen LogP contribution in [0.1, 0.15) is 15.9 Å². The van der Waals surface area contributed by atoms with Gasteiger partial charge < -0.3 is 19.7 Å². The Bertz CT molecular complexity index is 774. The van der Waals surface area contributed by atoms with Crippen LogP contribution in [-0.2, 0) is 4.74 Å². The van der Waals surface area contributed by atoms with Gasteiger partial charge in [0.1, 0.15) is 23.2 Å². The number of benzene rings is 1. The summed E-state index contributed by atoms with van der Waals surface area (Å²) in [6, 6.07) is 8.88. The second-order valence-electron chi connectivity index (χ2n) is 5.19. The smallest absolute Gasteiger partial charge is 0.256 e. The van der Waals surface area contributed by atoms with Gasteiger partial charge in [-0.1, -0.05) is 6.07 Å². The van der Waals surface area contributed by atoms with Crippen molar-refractivity contribution < 1.29 is 14.3 Å². The van der Waals surface area contributed by atoms with E-state index in [1.807, 2.05) is 4.90 Å². The molecule has 0 radical (unpaired) electrons. The van der Waals surface area contributed by atoms with Crippen LogP contribution in [0.15, 0.2) is 24.3 Å². The maximum Gasteiger partial charge on any atom is 0.256 e. The molecule has 2 aromatic rings. The van der Waals surface area contributed by atoms with E-state index in [0.717, 1.165) is 0 Å². The number of ether oxygens (including phenoxy) is 2. The van der Waals surface area contributed by atoms with Gasteiger partial charge in [-0.3, -0.25) is 9.89 Å². The van der Waals surface area contributed by atoms with E-state index in [4.69, 9.17) is 9.47 Å². The third kappa shape index (κ3) is 3.16. The molecule has 2 heterocycles. The Balaban J connectivity index is 1.81. The summed E-state index contributed by atoms with van der Waals surface area (Å²) in [5.41, 5.74) is 0.744. The summed E-state index contributed by atoms with van der Waals surface area (Å²) in [6.45, 7) is 2.48. The SMILES string of the molecule is COc1cccc(C(=O)Nc2[nH]nc(N3CCOCC3)c2C#N)c1. The lowest BCUT2D eigenvalue weighted by Crippen LogP contribution is -2.36. The average molecular weight is 327 g/mol. The van der Waals surface area contributed by atoms with Crippen LogP contribution < -0.4 is 15.0 Å². The maximum atomic E-state index is 12.4. The van der Waals surface area contributed by atoms with E-state index >= 15 is 0 Å². The quantitative estimate of drug-likeness (QED) is 0.879. The molecule has 0 atom stereocenters. The van der Waals surface area contributed by atoms with Crippen LogP contribution in [-0.4, -0.2) is 49.5 Å². The highest BCUT2D eigenvalue weighted by molar-refractivity contribution is 6.04. The number of aromatic amines is 1.